The van der Waals surface area contributed by atoms with Crippen molar-refractivity contribution in [3.63, 3.8) is 0 Å². The van der Waals surface area contributed by atoms with Crippen molar-refractivity contribution in [3.8, 4) is 0 Å². The van der Waals surface area contributed by atoms with E-state index in [2.05, 4.69) is 9.97 Å². The Morgan fingerprint density at radius 3 is 2.58 bits per heavy atom. The van der Waals surface area contributed by atoms with Crippen molar-refractivity contribution in [2.45, 2.75) is 20.0 Å². The fourth-order valence-electron chi connectivity index (χ4n) is 2.12. The van der Waals surface area contributed by atoms with Crippen molar-refractivity contribution in [1.82, 2.24) is 14.9 Å². The number of rotatable bonds is 2. The normalized spacial score (nSPS) is 19.4. The number of carbonyl (C=O) groups excluding carboxylic acids is 1. The molecule has 104 valence electrons. The monoisotopic (exact) mass is 264 g/mol. The zero-order chi connectivity index (χ0) is 14.0. The fourth-order valence-corrected chi connectivity index (χ4v) is 2.12. The Kier molecular flexibility index (Phi) is 3.99. The van der Waals surface area contributed by atoms with E-state index >= 15 is 0 Å². The predicted molar refractivity (Wildman–Crippen MR) is 72.2 cm³/mol. The molecule has 1 aliphatic heterocycles. The second-order valence-electron chi connectivity index (χ2n) is 4.99. The number of nitrogens with zero attached hydrogens (tertiary/aromatic N) is 4. The van der Waals surface area contributed by atoms with Crippen LogP contribution in [0.5, 0.6) is 0 Å². The third-order valence-electron chi connectivity index (χ3n) is 3.04. The SMILES string of the molecule is Cc1cc(C)nc(N2CCOC(C(=O)N(C)C)C2)n1. The largest absolute Gasteiger partial charge is 0.365 e. The minimum atomic E-state index is -0.437. The van der Waals surface area contributed by atoms with Gasteiger partial charge in [-0.2, -0.15) is 0 Å². The van der Waals surface area contributed by atoms with Crippen LogP contribution in [0.15, 0.2) is 6.07 Å². The molecule has 2 heterocycles. The van der Waals surface area contributed by atoms with Crippen LogP contribution in [-0.2, 0) is 9.53 Å². The minimum Gasteiger partial charge on any atom is -0.365 e. The Morgan fingerprint density at radius 2 is 2.00 bits per heavy atom. The van der Waals surface area contributed by atoms with E-state index in [1.165, 1.54) is 0 Å². The van der Waals surface area contributed by atoms with E-state index in [4.69, 9.17) is 4.74 Å². The molecule has 1 amide bonds. The quantitative estimate of drug-likeness (QED) is 0.773. The average molecular weight is 264 g/mol. The first-order valence-corrected chi connectivity index (χ1v) is 6.37. The lowest BCUT2D eigenvalue weighted by molar-refractivity contribution is -0.141. The minimum absolute atomic E-state index is 0.0194. The van der Waals surface area contributed by atoms with Crippen molar-refractivity contribution in [2.24, 2.45) is 0 Å². The van der Waals surface area contributed by atoms with E-state index in [1.54, 1.807) is 19.0 Å². The first kappa shape index (κ1) is 13.7. The maximum absolute atomic E-state index is 11.9. The van der Waals surface area contributed by atoms with Crippen LogP contribution in [0, 0.1) is 13.8 Å². The highest BCUT2D eigenvalue weighted by atomic mass is 16.5. The van der Waals surface area contributed by atoms with Crippen LogP contribution < -0.4 is 4.90 Å². The number of aryl methyl sites for hydroxylation is 2. The van der Waals surface area contributed by atoms with Crippen LogP contribution in [0.4, 0.5) is 5.95 Å². The maximum atomic E-state index is 11.9. The maximum Gasteiger partial charge on any atom is 0.253 e. The van der Waals surface area contributed by atoms with Crippen LogP contribution in [0.3, 0.4) is 0 Å². The molecule has 0 radical (unpaired) electrons. The molecule has 0 bridgehead atoms. The lowest BCUT2D eigenvalue weighted by atomic mass is 10.2. The van der Waals surface area contributed by atoms with E-state index in [0.717, 1.165) is 11.4 Å². The van der Waals surface area contributed by atoms with Crippen LogP contribution in [0.2, 0.25) is 0 Å². The summed E-state index contributed by atoms with van der Waals surface area (Å²) in [6.07, 6.45) is -0.437. The molecule has 19 heavy (non-hydrogen) atoms. The van der Waals surface area contributed by atoms with Crippen LogP contribution >= 0.6 is 0 Å². The molecular weight excluding hydrogens is 244 g/mol. The molecule has 6 heteroatoms. The Bertz CT molecular complexity index is 455. The summed E-state index contributed by atoms with van der Waals surface area (Å²) in [4.78, 5) is 24.4. The number of carbonyl (C=O) groups is 1. The molecule has 2 rings (SSSR count). The van der Waals surface area contributed by atoms with Gasteiger partial charge in [-0.05, 0) is 19.9 Å². The number of hydrogen-bond acceptors (Lipinski definition) is 5. The van der Waals surface area contributed by atoms with E-state index in [1.807, 2.05) is 24.8 Å². The summed E-state index contributed by atoms with van der Waals surface area (Å²) >= 11 is 0. The summed E-state index contributed by atoms with van der Waals surface area (Å²) in [5.41, 5.74) is 1.87. The van der Waals surface area contributed by atoms with Gasteiger partial charge in [-0.1, -0.05) is 0 Å². The number of ether oxygens (including phenoxy) is 1. The lowest BCUT2D eigenvalue weighted by Crippen LogP contribution is -2.50. The van der Waals surface area contributed by atoms with Gasteiger partial charge in [0.05, 0.1) is 13.2 Å². The van der Waals surface area contributed by atoms with Gasteiger partial charge in [0.15, 0.2) is 6.10 Å². The summed E-state index contributed by atoms with van der Waals surface area (Å²) in [5.74, 6) is 0.659. The highest BCUT2D eigenvalue weighted by molar-refractivity contribution is 5.81. The average Bonchev–Trinajstić information content (AvgIpc) is 2.36. The Labute approximate surface area is 113 Å². The highest BCUT2D eigenvalue weighted by Crippen LogP contribution is 2.15. The van der Waals surface area contributed by atoms with Crippen LogP contribution in [0.25, 0.3) is 0 Å². The number of aromatic nitrogens is 2. The summed E-state index contributed by atoms with van der Waals surface area (Å²) in [6, 6.07) is 1.94. The zero-order valence-corrected chi connectivity index (χ0v) is 11.9. The molecule has 1 aromatic heterocycles. The number of morpholine rings is 1. The molecular formula is C13H20N4O2. The first-order chi connectivity index (χ1) is 8.97. The van der Waals surface area contributed by atoms with Gasteiger partial charge in [-0.3, -0.25) is 4.79 Å². The third-order valence-corrected chi connectivity index (χ3v) is 3.04. The third kappa shape index (κ3) is 3.20. The van der Waals surface area contributed by atoms with E-state index in [-0.39, 0.29) is 5.91 Å². The van der Waals surface area contributed by atoms with Crippen molar-refractivity contribution in [3.05, 3.63) is 17.5 Å². The van der Waals surface area contributed by atoms with E-state index in [0.29, 0.717) is 25.6 Å². The Hall–Kier alpha value is -1.69. The van der Waals surface area contributed by atoms with Gasteiger partial charge < -0.3 is 14.5 Å². The summed E-state index contributed by atoms with van der Waals surface area (Å²) in [5, 5.41) is 0. The molecule has 0 aliphatic carbocycles. The molecule has 1 fully saturated rings. The number of anilines is 1. The second-order valence-corrected chi connectivity index (χ2v) is 4.99. The standard InChI is InChI=1S/C13H20N4O2/c1-9-7-10(2)15-13(14-9)17-5-6-19-11(8-17)12(18)16(3)4/h7,11H,5-6,8H2,1-4H3. The molecule has 1 atom stereocenters. The molecule has 0 saturated carbocycles. The van der Waals surface area contributed by atoms with E-state index < -0.39 is 6.10 Å². The van der Waals surface area contributed by atoms with Crippen molar-refractivity contribution in [2.75, 3.05) is 38.7 Å². The summed E-state index contributed by atoms with van der Waals surface area (Å²) < 4.78 is 5.52. The van der Waals surface area contributed by atoms with Crippen LogP contribution in [0.1, 0.15) is 11.4 Å². The van der Waals surface area contributed by atoms with Crippen molar-refractivity contribution in [1.29, 1.82) is 0 Å². The van der Waals surface area contributed by atoms with Gasteiger partial charge >= 0.3 is 0 Å². The molecule has 0 spiro atoms. The Balaban J connectivity index is 2.14. The van der Waals surface area contributed by atoms with Gasteiger partial charge in [0.1, 0.15) is 0 Å². The van der Waals surface area contributed by atoms with Crippen LogP contribution in [-0.4, -0.2) is 60.7 Å². The van der Waals surface area contributed by atoms with Gasteiger partial charge in [-0.25, -0.2) is 9.97 Å². The first-order valence-electron chi connectivity index (χ1n) is 6.37. The fraction of sp³-hybridized carbons (Fsp3) is 0.615. The topological polar surface area (TPSA) is 58.6 Å². The molecule has 1 unspecified atom stereocenters. The molecule has 0 N–H and O–H groups in total. The smallest absolute Gasteiger partial charge is 0.253 e. The summed E-state index contributed by atoms with van der Waals surface area (Å²) in [6.45, 7) is 5.61. The number of amides is 1. The predicted octanol–water partition coefficient (Wildman–Crippen LogP) is 0.387. The lowest BCUT2D eigenvalue weighted by Gasteiger charge is -2.33. The highest BCUT2D eigenvalue weighted by Gasteiger charge is 2.29. The molecule has 1 saturated heterocycles. The second kappa shape index (κ2) is 5.52. The van der Waals surface area contributed by atoms with Crippen molar-refractivity contribution < 1.29 is 9.53 Å². The zero-order valence-electron chi connectivity index (χ0n) is 11.9. The number of hydrogen-bond donors (Lipinski definition) is 0. The molecule has 1 aromatic rings. The molecule has 0 aromatic carbocycles. The van der Waals surface area contributed by atoms with Gasteiger partial charge in [0.25, 0.3) is 5.91 Å². The van der Waals surface area contributed by atoms with Gasteiger partial charge in [0.2, 0.25) is 5.95 Å². The van der Waals surface area contributed by atoms with Crippen molar-refractivity contribution >= 4 is 11.9 Å². The summed E-state index contributed by atoms with van der Waals surface area (Å²) in [7, 11) is 3.47. The molecule has 1 aliphatic rings. The Morgan fingerprint density at radius 1 is 1.37 bits per heavy atom. The van der Waals surface area contributed by atoms with Gasteiger partial charge in [-0.15, -0.1) is 0 Å². The van der Waals surface area contributed by atoms with Gasteiger partial charge in [0, 0.05) is 32.0 Å². The molecule has 6 nitrogen and oxygen atoms in total. The van der Waals surface area contributed by atoms with E-state index in [9.17, 15) is 4.79 Å². The number of likely N-dealkylation sites (N-methyl/N-ethyl adjacent to an activating group) is 1.